The molecule has 1 aliphatic carbocycles. The summed E-state index contributed by atoms with van der Waals surface area (Å²) in [6.07, 6.45) is -6.68. The summed E-state index contributed by atoms with van der Waals surface area (Å²) in [7, 11) is -6.47. The molecule has 1 saturated carbocycles. The summed E-state index contributed by atoms with van der Waals surface area (Å²) in [6.45, 7) is 3.03. The maximum absolute atomic E-state index is 14.0. The first-order valence-corrected chi connectivity index (χ1v) is 12.1. The van der Waals surface area contributed by atoms with Crippen LogP contribution in [0, 0.1) is 5.92 Å². The van der Waals surface area contributed by atoms with Crippen LogP contribution in [0.15, 0.2) is 12.2 Å². The fraction of sp³-hybridized carbons (Fsp3) is 0.800. The van der Waals surface area contributed by atoms with Crippen LogP contribution in [0.25, 0.3) is 0 Å². The van der Waals surface area contributed by atoms with E-state index in [4.69, 9.17) is 4.55 Å². The van der Waals surface area contributed by atoms with Gasteiger partial charge in [0, 0.05) is 18.4 Å². The molecular formula is C20H27F7O7S. The van der Waals surface area contributed by atoms with Crippen molar-refractivity contribution in [3.05, 3.63) is 12.2 Å². The minimum absolute atomic E-state index is 0.425. The van der Waals surface area contributed by atoms with E-state index < -0.39 is 88.8 Å². The first-order chi connectivity index (χ1) is 15.8. The predicted octanol–water partition coefficient (Wildman–Crippen LogP) is 5.21. The van der Waals surface area contributed by atoms with Gasteiger partial charge in [-0.2, -0.15) is 39.2 Å². The van der Waals surface area contributed by atoms with Crippen molar-refractivity contribution in [3.63, 3.8) is 0 Å². The van der Waals surface area contributed by atoms with E-state index in [1.165, 1.54) is 0 Å². The number of hydrogen-bond acceptors (Lipinski definition) is 6. The number of ether oxygens (including phenoxy) is 2. The molecule has 1 N–H and O–H groups in total. The second-order valence-corrected chi connectivity index (χ2v) is 9.88. The monoisotopic (exact) mass is 544 g/mol. The zero-order valence-corrected chi connectivity index (χ0v) is 19.6. The van der Waals surface area contributed by atoms with Crippen LogP contribution in [0.4, 0.5) is 30.7 Å². The number of esters is 1. The van der Waals surface area contributed by atoms with Crippen LogP contribution in [-0.4, -0.2) is 54.5 Å². The molecule has 1 atom stereocenters. The van der Waals surface area contributed by atoms with Gasteiger partial charge in [0.15, 0.2) is 0 Å². The summed E-state index contributed by atoms with van der Waals surface area (Å²) in [5.41, 5.74) is -0.486. The quantitative estimate of drug-likeness (QED) is 0.0848. The first kappa shape index (κ1) is 31.3. The van der Waals surface area contributed by atoms with E-state index in [9.17, 15) is 48.7 Å². The Bertz CT molecular complexity index is 881. The fourth-order valence-corrected chi connectivity index (χ4v) is 3.95. The average Bonchev–Trinajstić information content (AvgIpc) is 2.71. The lowest BCUT2D eigenvalue weighted by Gasteiger charge is -2.34. The third-order valence-corrected chi connectivity index (χ3v) is 6.41. The van der Waals surface area contributed by atoms with Crippen LogP contribution >= 0.6 is 0 Å². The van der Waals surface area contributed by atoms with Crippen LogP contribution in [0.1, 0.15) is 64.7 Å². The minimum atomic E-state index is -6.47. The third kappa shape index (κ3) is 7.62. The lowest BCUT2D eigenvalue weighted by molar-refractivity contribution is -0.346. The van der Waals surface area contributed by atoms with Crippen molar-refractivity contribution in [1.82, 2.24) is 0 Å². The molecule has 0 saturated heterocycles. The van der Waals surface area contributed by atoms with Gasteiger partial charge in [-0.15, -0.1) is 0 Å². The van der Waals surface area contributed by atoms with Gasteiger partial charge in [-0.3, -0.25) is 9.35 Å². The van der Waals surface area contributed by atoms with Crippen molar-refractivity contribution < 1.29 is 62.8 Å². The number of carbonyl (C=O) groups is 2. The van der Waals surface area contributed by atoms with E-state index in [2.05, 4.69) is 16.1 Å². The topological polar surface area (TPSA) is 107 Å². The van der Waals surface area contributed by atoms with E-state index in [1.54, 1.807) is 0 Å². The number of ketones is 1. The number of halogens is 7. The summed E-state index contributed by atoms with van der Waals surface area (Å²) in [4.78, 5) is 24.6. The number of rotatable bonds is 13. The highest BCUT2D eigenvalue weighted by Gasteiger charge is 2.66. The number of Topliss-reactive ketones (excluding diaryl/α,β-unsaturated/α-hetero) is 1. The molecule has 1 unspecified atom stereocenters. The minimum Gasteiger partial charge on any atom is -0.413 e. The Morgan fingerprint density at radius 1 is 1.00 bits per heavy atom. The highest BCUT2D eigenvalue weighted by atomic mass is 32.2. The van der Waals surface area contributed by atoms with Gasteiger partial charge in [-0.05, 0) is 25.7 Å². The molecule has 1 aliphatic rings. The molecule has 0 amide bonds. The Hall–Kier alpha value is -1.74. The number of hydrogen-bond donors (Lipinski definition) is 1. The van der Waals surface area contributed by atoms with Gasteiger partial charge in [-0.25, -0.2) is 4.79 Å². The highest BCUT2D eigenvalue weighted by Crippen LogP contribution is 2.42. The van der Waals surface area contributed by atoms with Gasteiger partial charge in [-0.1, -0.05) is 38.7 Å². The molecule has 0 spiro atoms. The van der Waals surface area contributed by atoms with Crippen molar-refractivity contribution in [2.24, 2.45) is 5.92 Å². The van der Waals surface area contributed by atoms with Crippen molar-refractivity contribution in [1.29, 1.82) is 0 Å². The Balaban J connectivity index is 3.02. The maximum Gasteiger partial charge on any atom is 0.463 e. The van der Waals surface area contributed by atoms with Gasteiger partial charge < -0.3 is 9.47 Å². The molecule has 1 rings (SSSR count). The summed E-state index contributed by atoms with van der Waals surface area (Å²) in [5, 5.41) is -5.83. The third-order valence-electron chi connectivity index (χ3n) is 5.46. The fourth-order valence-electron chi connectivity index (χ4n) is 3.47. The zero-order chi connectivity index (χ0) is 27.3. The molecule has 7 nitrogen and oxygen atoms in total. The van der Waals surface area contributed by atoms with Crippen LogP contribution in [0.5, 0.6) is 0 Å². The molecule has 0 heterocycles. The van der Waals surface area contributed by atoms with Gasteiger partial charge in [0.25, 0.3) is 0 Å². The van der Waals surface area contributed by atoms with Crippen LogP contribution < -0.4 is 0 Å². The largest absolute Gasteiger partial charge is 0.463 e. The van der Waals surface area contributed by atoms with Gasteiger partial charge in [0.1, 0.15) is 0 Å². The standard InChI is InChI=1S/C20H27F7O7S/c1-13(2)16(29)34-18(19(23,24)25,15(28)12-14-8-4-3-5-9-14)33-11-7-6-10-17(21,22)20(26,27)35(30,31)32/h14H,1,3-12H2,2H3,(H,30,31,32). The highest BCUT2D eigenvalue weighted by molar-refractivity contribution is 7.87. The second kappa shape index (κ2) is 11.5. The van der Waals surface area contributed by atoms with Gasteiger partial charge in [0.2, 0.25) is 5.78 Å². The molecule has 204 valence electrons. The zero-order valence-electron chi connectivity index (χ0n) is 18.8. The SMILES string of the molecule is C=C(C)C(=O)OC(OCCCCC(F)(F)C(F)(F)S(=O)(=O)O)(C(=O)CC1CCCCC1)C(F)(F)F. The molecule has 0 aromatic rings. The van der Waals surface area contributed by atoms with E-state index >= 15 is 0 Å². The Morgan fingerprint density at radius 2 is 1.54 bits per heavy atom. The maximum atomic E-state index is 14.0. The molecular weight excluding hydrogens is 517 g/mol. The van der Waals surface area contributed by atoms with E-state index in [-0.39, 0.29) is 0 Å². The van der Waals surface area contributed by atoms with E-state index in [0.717, 1.165) is 13.3 Å². The summed E-state index contributed by atoms with van der Waals surface area (Å²) in [5.74, 6) is -13.0. The smallest absolute Gasteiger partial charge is 0.413 e. The van der Waals surface area contributed by atoms with E-state index in [1.807, 2.05) is 0 Å². The molecule has 0 bridgehead atoms. The Labute approximate surface area is 197 Å². The second-order valence-electron chi connectivity index (χ2n) is 8.42. The lowest BCUT2D eigenvalue weighted by atomic mass is 9.84. The molecule has 0 aromatic heterocycles. The molecule has 1 fully saturated rings. The number of alkyl halides is 7. The summed E-state index contributed by atoms with van der Waals surface area (Å²) < 4.78 is 134. The van der Waals surface area contributed by atoms with Crippen molar-refractivity contribution >= 4 is 21.9 Å². The van der Waals surface area contributed by atoms with Gasteiger partial charge in [0.05, 0.1) is 6.61 Å². The molecule has 35 heavy (non-hydrogen) atoms. The van der Waals surface area contributed by atoms with Crippen molar-refractivity contribution in [2.45, 2.75) is 87.9 Å². The molecule has 0 radical (unpaired) electrons. The summed E-state index contributed by atoms with van der Waals surface area (Å²) >= 11 is 0. The molecule has 0 aliphatic heterocycles. The van der Waals surface area contributed by atoms with Crippen LogP contribution in [-0.2, 0) is 29.2 Å². The number of carbonyl (C=O) groups excluding carboxylic acids is 2. The average molecular weight is 544 g/mol. The first-order valence-electron chi connectivity index (χ1n) is 10.6. The van der Waals surface area contributed by atoms with Gasteiger partial charge >= 0.3 is 39.2 Å². The molecule has 15 heteroatoms. The van der Waals surface area contributed by atoms with Crippen molar-refractivity contribution in [2.75, 3.05) is 6.61 Å². The van der Waals surface area contributed by atoms with Crippen LogP contribution in [0.3, 0.4) is 0 Å². The lowest BCUT2D eigenvalue weighted by Crippen LogP contribution is -2.58. The summed E-state index contributed by atoms with van der Waals surface area (Å²) in [6, 6.07) is 0. The predicted molar refractivity (Wildman–Crippen MR) is 107 cm³/mol. The van der Waals surface area contributed by atoms with E-state index in [0.29, 0.717) is 25.7 Å². The normalized spacial score (nSPS) is 18.1. The Kier molecular flexibility index (Phi) is 10.3. The Morgan fingerprint density at radius 3 is 2.00 bits per heavy atom. The van der Waals surface area contributed by atoms with Crippen LogP contribution in [0.2, 0.25) is 0 Å². The molecule has 0 aromatic carbocycles. The number of unbranched alkanes of at least 4 members (excludes halogenated alkanes) is 1. The van der Waals surface area contributed by atoms with Crippen molar-refractivity contribution in [3.8, 4) is 0 Å².